The number of amides is 2. The van der Waals surface area contributed by atoms with Gasteiger partial charge in [-0.05, 0) is 47.7 Å². The second-order valence-electron chi connectivity index (χ2n) is 6.44. The molecule has 154 valence electrons. The summed E-state index contributed by atoms with van der Waals surface area (Å²) in [5, 5.41) is -0.382. The quantitative estimate of drug-likeness (QED) is 0.712. The maximum atomic E-state index is 12.6. The molecule has 30 heavy (non-hydrogen) atoms. The van der Waals surface area contributed by atoms with Gasteiger partial charge in [-0.25, -0.2) is 8.42 Å². The normalized spacial score (nSPS) is 20.0. The second kappa shape index (κ2) is 7.96. The van der Waals surface area contributed by atoms with Gasteiger partial charge in [-0.1, -0.05) is 24.3 Å². The molecule has 0 aliphatic carbocycles. The van der Waals surface area contributed by atoms with E-state index in [-0.39, 0.29) is 29.1 Å². The third kappa shape index (κ3) is 3.83. The van der Waals surface area contributed by atoms with Crippen LogP contribution in [-0.2, 0) is 14.8 Å². The Kier molecular flexibility index (Phi) is 5.35. The Bertz CT molecular complexity index is 1190. The van der Waals surface area contributed by atoms with Gasteiger partial charge in [0.15, 0.2) is 0 Å². The van der Waals surface area contributed by atoms with E-state index in [2.05, 4.69) is 9.71 Å². The van der Waals surface area contributed by atoms with Gasteiger partial charge in [0.25, 0.3) is 21.2 Å². The lowest BCUT2D eigenvalue weighted by molar-refractivity contribution is -0.122. The highest BCUT2D eigenvalue weighted by molar-refractivity contribution is 8.18. The third-order valence-corrected chi connectivity index (χ3v) is 6.85. The van der Waals surface area contributed by atoms with Gasteiger partial charge in [-0.15, -0.1) is 0 Å². The Morgan fingerprint density at radius 2 is 1.87 bits per heavy atom. The number of sulfonamides is 1. The van der Waals surface area contributed by atoms with Crippen LogP contribution >= 0.6 is 11.8 Å². The first-order chi connectivity index (χ1) is 14.4. The molecule has 2 heterocycles. The molecule has 0 spiro atoms. The summed E-state index contributed by atoms with van der Waals surface area (Å²) in [7, 11) is -2.06. The molecule has 1 fully saturated rings. The van der Waals surface area contributed by atoms with Crippen molar-refractivity contribution in [3.05, 3.63) is 64.6 Å². The van der Waals surface area contributed by atoms with Crippen LogP contribution in [0.2, 0.25) is 0 Å². The molecule has 2 aromatic rings. The van der Waals surface area contributed by atoms with Gasteiger partial charge in [0.05, 0.1) is 23.5 Å². The summed E-state index contributed by atoms with van der Waals surface area (Å²) in [6.45, 7) is 0.137. The van der Waals surface area contributed by atoms with E-state index in [9.17, 15) is 18.0 Å². The number of carbonyl (C=O) groups excluding carboxylic acids is 2. The number of carbonyl (C=O) groups is 2. The van der Waals surface area contributed by atoms with Gasteiger partial charge in [-0.3, -0.25) is 24.2 Å². The molecule has 2 aliphatic heterocycles. The van der Waals surface area contributed by atoms with Crippen molar-refractivity contribution in [3.63, 3.8) is 0 Å². The van der Waals surface area contributed by atoms with Crippen molar-refractivity contribution in [3.8, 4) is 5.75 Å². The summed E-state index contributed by atoms with van der Waals surface area (Å²) >= 11 is 0.865. The Labute approximate surface area is 177 Å². The van der Waals surface area contributed by atoms with Crippen LogP contribution in [0.25, 0.3) is 6.08 Å². The van der Waals surface area contributed by atoms with Gasteiger partial charge in [0.2, 0.25) is 0 Å². The Morgan fingerprint density at radius 1 is 1.13 bits per heavy atom. The number of imide groups is 1. The number of thioether (sulfide) groups is 1. The SMILES string of the molecule is COc1ccc(/C=C2\SC(=O)N(CCN=C3NS(=O)(=O)c4ccccc43)C2=O)cc1. The molecule has 2 aromatic carbocycles. The maximum Gasteiger partial charge on any atom is 0.293 e. The number of methoxy groups -OCH3 is 1. The zero-order chi connectivity index (χ0) is 21.3. The van der Waals surface area contributed by atoms with Crippen LogP contribution in [0.3, 0.4) is 0 Å². The van der Waals surface area contributed by atoms with Crippen molar-refractivity contribution in [2.45, 2.75) is 4.90 Å². The summed E-state index contributed by atoms with van der Waals surface area (Å²) in [5.74, 6) is 0.517. The monoisotopic (exact) mass is 443 g/mol. The smallest absolute Gasteiger partial charge is 0.293 e. The maximum absolute atomic E-state index is 12.6. The summed E-state index contributed by atoms with van der Waals surface area (Å²) in [6, 6.07) is 13.6. The largest absolute Gasteiger partial charge is 0.497 e. The number of benzene rings is 2. The molecule has 10 heteroatoms. The first-order valence-electron chi connectivity index (χ1n) is 8.95. The fourth-order valence-corrected chi connectivity index (χ4v) is 5.17. The van der Waals surface area contributed by atoms with Crippen LogP contribution < -0.4 is 9.46 Å². The van der Waals surface area contributed by atoms with E-state index in [0.717, 1.165) is 22.2 Å². The molecular weight excluding hydrogens is 426 g/mol. The van der Waals surface area contributed by atoms with Gasteiger partial charge in [0, 0.05) is 12.1 Å². The van der Waals surface area contributed by atoms with E-state index in [1.54, 1.807) is 55.7 Å². The van der Waals surface area contributed by atoms with Crippen LogP contribution in [0.1, 0.15) is 11.1 Å². The molecule has 4 rings (SSSR count). The van der Waals surface area contributed by atoms with E-state index in [4.69, 9.17) is 4.74 Å². The number of aliphatic imine (C=N–C) groups is 1. The van der Waals surface area contributed by atoms with Crippen molar-refractivity contribution in [2.24, 2.45) is 4.99 Å². The molecule has 2 aliphatic rings. The highest BCUT2D eigenvalue weighted by atomic mass is 32.2. The molecule has 0 aromatic heterocycles. The topological polar surface area (TPSA) is 105 Å². The fraction of sp³-hybridized carbons (Fsp3) is 0.150. The highest BCUT2D eigenvalue weighted by Crippen LogP contribution is 2.32. The predicted octanol–water partition coefficient (Wildman–Crippen LogP) is 2.47. The molecule has 1 saturated heterocycles. The van der Waals surface area contributed by atoms with Crippen LogP contribution in [-0.4, -0.2) is 50.5 Å². The third-order valence-electron chi connectivity index (χ3n) is 4.54. The molecule has 1 N–H and O–H groups in total. The summed E-state index contributed by atoms with van der Waals surface area (Å²) < 4.78 is 31.7. The molecule has 0 unspecified atom stereocenters. The second-order valence-corrected chi connectivity index (χ2v) is 9.08. The number of rotatable bonds is 5. The minimum Gasteiger partial charge on any atom is -0.497 e. The Hall–Kier alpha value is -3.11. The average molecular weight is 444 g/mol. The number of nitrogens with one attached hydrogen (secondary N) is 1. The van der Waals surface area contributed by atoms with E-state index < -0.39 is 15.9 Å². The molecule has 0 saturated carbocycles. The van der Waals surface area contributed by atoms with Crippen molar-refractivity contribution in [1.82, 2.24) is 9.62 Å². The number of nitrogens with zero attached hydrogens (tertiary/aromatic N) is 2. The first-order valence-corrected chi connectivity index (χ1v) is 11.2. The van der Waals surface area contributed by atoms with Crippen molar-refractivity contribution < 1.29 is 22.7 Å². The Balaban J connectivity index is 1.46. The molecular formula is C20H17N3O5S2. The number of hydrogen-bond acceptors (Lipinski definition) is 7. The van der Waals surface area contributed by atoms with Gasteiger partial charge in [-0.2, -0.15) is 0 Å². The van der Waals surface area contributed by atoms with E-state index >= 15 is 0 Å². The lowest BCUT2D eigenvalue weighted by Gasteiger charge is -2.10. The molecule has 0 radical (unpaired) electrons. The first kappa shape index (κ1) is 20.2. The van der Waals surface area contributed by atoms with Crippen LogP contribution in [0.5, 0.6) is 5.75 Å². The van der Waals surface area contributed by atoms with Crippen LogP contribution in [0, 0.1) is 0 Å². The van der Waals surface area contributed by atoms with Crippen LogP contribution in [0.15, 0.2) is 63.3 Å². The molecule has 0 bridgehead atoms. The summed E-state index contributed by atoms with van der Waals surface area (Å²) in [4.78, 5) is 30.7. The number of amidine groups is 1. The van der Waals surface area contributed by atoms with E-state index in [1.807, 2.05) is 0 Å². The summed E-state index contributed by atoms with van der Waals surface area (Å²) in [6.07, 6.45) is 1.65. The van der Waals surface area contributed by atoms with Gasteiger partial charge in [0.1, 0.15) is 11.6 Å². The zero-order valence-electron chi connectivity index (χ0n) is 15.9. The van der Waals surface area contributed by atoms with E-state index in [1.165, 1.54) is 6.07 Å². The summed E-state index contributed by atoms with van der Waals surface area (Å²) in [5.41, 5.74) is 1.25. The minimum absolute atomic E-state index is 0.0536. The van der Waals surface area contributed by atoms with Crippen molar-refractivity contribution in [2.75, 3.05) is 20.2 Å². The van der Waals surface area contributed by atoms with Crippen molar-refractivity contribution >= 4 is 44.8 Å². The predicted molar refractivity (Wildman–Crippen MR) is 114 cm³/mol. The van der Waals surface area contributed by atoms with Gasteiger partial charge < -0.3 is 4.74 Å². The number of fused-ring (bicyclic) bond motifs is 1. The highest BCUT2D eigenvalue weighted by Gasteiger charge is 2.35. The Morgan fingerprint density at radius 3 is 2.60 bits per heavy atom. The van der Waals surface area contributed by atoms with Crippen LogP contribution in [0.4, 0.5) is 4.79 Å². The van der Waals surface area contributed by atoms with E-state index in [0.29, 0.717) is 16.2 Å². The average Bonchev–Trinajstić information content (AvgIpc) is 3.16. The minimum atomic E-state index is -3.62. The standard InChI is InChI=1S/C20H17N3O5S2/c1-28-14-8-6-13(7-9-14)12-16-19(24)23(20(25)29-16)11-10-21-18-15-4-2-3-5-17(15)30(26,27)22-18/h2-9,12H,10-11H2,1H3,(H,21,22)/b16-12-. The van der Waals surface area contributed by atoms with Crippen molar-refractivity contribution in [1.29, 1.82) is 0 Å². The zero-order valence-corrected chi connectivity index (χ0v) is 17.5. The molecule has 0 atom stereocenters. The number of ether oxygens (including phenoxy) is 1. The molecule has 8 nitrogen and oxygen atoms in total. The fourth-order valence-electron chi connectivity index (χ4n) is 3.06. The number of hydrogen-bond donors (Lipinski definition) is 1. The van der Waals surface area contributed by atoms with Gasteiger partial charge >= 0.3 is 0 Å². The molecule has 2 amide bonds. The lowest BCUT2D eigenvalue weighted by Crippen LogP contribution is -2.31. The lowest BCUT2D eigenvalue weighted by atomic mass is 10.2.